The van der Waals surface area contributed by atoms with Gasteiger partial charge in [-0.1, -0.05) is 12.1 Å². The molecule has 0 atom stereocenters. The minimum atomic E-state index is 0.790. The smallest absolute Gasteiger partial charge is 0.119 e. The Morgan fingerprint density at radius 3 is 2.94 bits per heavy atom. The van der Waals surface area contributed by atoms with Crippen LogP contribution in [0.4, 0.5) is 0 Å². The zero-order chi connectivity index (χ0) is 12.1. The van der Waals surface area contributed by atoms with Gasteiger partial charge in [-0.2, -0.15) is 0 Å². The van der Waals surface area contributed by atoms with Crippen molar-refractivity contribution in [1.29, 1.82) is 0 Å². The first-order chi connectivity index (χ1) is 8.28. The Balaban J connectivity index is 1.85. The molecule has 1 heterocycles. The monoisotopic (exact) mass is 231 g/mol. The van der Waals surface area contributed by atoms with Crippen molar-refractivity contribution in [1.82, 2.24) is 15.3 Å². The number of imidazole rings is 1. The Bertz CT molecular complexity index is 479. The molecule has 0 aliphatic carbocycles. The summed E-state index contributed by atoms with van der Waals surface area (Å²) in [6.45, 7) is 3.55. The Labute approximate surface area is 101 Å². The number of hydrogen-bond donors (Lipinski definition) is 2. The second kappa shape index (κ2) is 5.50. The van der Waals surface area contributed by atoms with Crippen molar-refractivity contribution >= 4 is 0 Å². The Morgan fingerprint density at radius 1 is 1.35 bits per heavy atom. The van der Waals surface area contributed by atoms with Crippen molar-refractivity contribution in [2.24, 2.45) is 0 Å². The number of methoxy groups -OCH3 is 1. The van der Waals surface area contributed by atoms with Crippen LogP contribution in [0.5, 0.6) is 5.75 Å². The molecule has 2 N–H and O–H groups in total. The highest BCUT2D eigenvalue weighted by molar-refractivity contribution is 5.28. The average Bonchev–Trinajstić information content (AvgIpc) is 2.75. The van der Waals surface area contributed by atoms with E-state index in [1.807, 2.05) is 31.3 Å². The van der Waals surface area contributed by atoms with Gasteiger partial charge in [-0.25, -0.2) is 4.98 Å². The summed E-state index contributed by atoms with van der Waals surface area (Å²) in [6, 6.07) is 8.05. The van der Waals surface area contributed by atoms with Crippen LogP contribution in [-0.4, -0.2) is 17.1 Å². The lowest BCUT2D eigenvalue weighted by Crippen LogP contribution is -2.12. The van der Waals surface area contributed by atoms with E-state index < -0.39 is 0 Å². The fourth-order valence-corrected chi connectivity index (χ4v) is 1.69. The van der Waals surface area contributed by atoms with Gasteiger partial charge in [0, 0.05) is 25.0 Å². The minimum Gasteiger partial charge on any atom is -0.497 e. The third kappa shape index (κ3) is 3.32. The molecule has 0 unspecified atom stereocenters. The fourth-order valence-electron chi connectivity index (χ4n) is 1.69. The number of nitrogens with zero attached hydrogens (tertiary/aromatic N) is 1. The van der Waals surface area contributed by atoms with E-state index in [9.17, 15) is 0 Å². The van der Waals surface area contributed by atoms with Crippen molar-refractivity contribution < 1.29 is 4.74 Å². The Hall–Kier alpha value is -1.81. The molecule has 0 aliphatic rings. The summed E-state index contributed by atoms with van der Waals surface area (Å²) in [4.78, 5) is 7.34. The molecular formula is C13H17N3O. The normalized spacial score (nSPS) is 10.5. The topological polar surface area (TPSA) is 49.9 Å². The molecular weight excluding hydrogens is 214 g/mol. The molecule has 4 nitrogen and oxygen atoms in total. The van der Waals surface area contributed by atoms with Gasteiger partial charge in [-0.3, -0.25) is 0 Å². The number of aromatic amines is 1. The van der Waals surface area contributed by atoms with Gasteiger partial charge in [0.05, 0.1) is 7.11 Å². The average molecular weight is 231 g/mol. The number of ether oxygens (including phenoxy) is 1. The van der Waals surface area contributed by atoms with E-state index in [2.05, 4.69) is 21.4 Å². The molecule has 1 aromatic carbocycles. The molecule has 4 heteroatoms. The van der Waals surface area contributed by atoms with Crippen LogP contribution in [0.3, 0.4) is 0 Å². The van der Waals surface area contributed by atoms with Gasteiger partial charge in [0.1, 0.15) is 11.6 Å². The van der Waals surface area contributed by atoms with Crippen molar-refractivity contribution in [3.05, 3.63) is 47.5 Å². The van der Waals surface area contributed by atoms with Gasteiger partial charge in [-0.05, 0) is 24.6 Å². The third-order valence-corrected chi connectivity index (χ3v) is 2.53. The number of benzene rings is 1. The summed E-state index contributed by atoms with van der Waals surface area (Å²) in [5.74, 6) is 1.84. The van der Waals surface area contributed by atoms with Crippen LogP contribution in [0.2, 0.25) is 0 Å². The highest BCUT2D eigenvalue weighted by Crippen LogP contribution is 2.12. The van der Waals surface area contributed by atoms with Crippen LogP contribution in [-0.2, 0) is 13.1 Å². The molecule has 0 radical (unpaired) electrons. The summed E-state index contributed by atoms with van der Waals surface area (Å²) >= 11 is 0. The number of aromatic nitrogens is 2. The predicted octanol–water partition coefficient (Wildman–Crippen LogP) is 2.02. The molecule has 0 spiro atoms. The van der Waals surface area contributed by atoms with E-state index in [4.69, 9.17) is 4.74 Å². The van der Waals surface area contributed by atoms with Crippen LogP contribution in [0.15, 0.2) is 30.5 Å². The first-order valence-electron chi connectivity index (χ1n) is 5.62. The molecule has 2 aromatic rings. The summed E-state index contributed by atoms with van der Waals surface area (Å²) < 4.78 is 5.18. The van der Waals surface area contributed by atoms with Crippen molar-refractivity contribution in [3.8, 4) is 5.75 Å². The molecule has 0 amide bonds. The summed E-state index contributed by atoms with van der Waals surface area (Å²) in [7, 11) is 1.68. The fraction of sp³-hybridized carbons (Fsp3) is 0.308. The second-order valence-electron chi connectivity index (χ2n) is 3.95. The molecule has 0 bridgehead atoms. The number of nitrogens with one attached hydrogen (secondary N) is 2. The van der Waals surface area contributed by atoms with E-state index >= 15 is 0 Å². The van der Waals surface area contributed by atoms with Crippen LogP contribution < -0.4 is 10.1 Å². The number of hydrogen-bond acceptors (Lipinski definition) is 3. The maximum Gasteiger partial charge on any atom is 0.119 e. The summed E-state index contributed by atoms with van der Waals surface area (Å²) in [5, 5.41) is 3.36. The van der Waals surface area contributed by atoms with Gasteiger partial charge in [0.15, 0.2) is 0 Å². The van der Waals surface area contributed by atoms with Crippen molar-refractivity contribution in [2.45, 2.75) is 20.0 Å². The number of H-pyrrole nitrogens is 1. The first-order valence-corrected chi connectivity index (χ1v) is 5.62. The number of rotatable bonds is 5. The molecule has 1 aromatic heterocycles. The maximum atomic E-state index is 5.18. The van der Waals surface area contributed by atoms with Crippen LogP contribution in [0.25, 0.3) is 0 Å². The summed E-state index contributed by atoms with van der Waals surface area (Å²) in [5.41, 5.74) is 2.31. The van der Waals surface area contributed by atoms with Crippen molar-refractivity contribution in [2.75, 3.05) is 7.11 Å². The van der Waals surface area contributed by atoms with E-state index in [1.54, 1.807) is 7.11 Å². The van der Waals surface area contributed by atoms with Crippen LogP contribution >= 0.6 is 0 Å². The van der Waals surface area contributed by atoms with Crippen LogP contribution in [0, 0.1) is 6.92 Å². The Morgan fingerprint density at radius 2 is 2.24 bits per heavy atom. The third-order valence-electron chi connectivity index (χ3n) is 2.53. The van der Waals surface area contributed by atoms with Gasteiger partial charge >= 0.3 is 0 Å². The quantitative estimate of drug-likeness (QED) is 0.827. The van der Waals surface area contributed by atoms with E-state index in [1.165, 1.54) is 5.56 Å². The zero-order valence-electron chi connectivity index (χ0n) is 10.2. The lowest BCUT2D eigenvalue weighted by atomic mass is 10.2. The standard InChI is InChI=1S/C13H17N3O/c1-10-15-9-12(16-10)8-14-7-11-4-3-5-13(6-11)17-2/h3-6,9,14H,7-8H2,1-2H3,(H,15,16). The summed E-state index contributed by atoms with van der Waals surface area (Å²) in [6.07, 6.45) is 1.86. The molecule has 0 aliphatic heterocycles. The van der Waals surface area contributed by atoms with Crippen LogP contribution in [0.1, 0.15) is 17.1 Å². The predicted molar refractivity (Wildman–Crippen MR) is 66.9 cm³/mol. The lowest BCUT2D eigenvalue weighted by Gasteiger charge is -2.05. The molecule has 90 valence electrons. The molecule has 0 saturated heterocycles. The van der Waals surface area contributed by atoms with Gasteiger partial charge in [0.2, 0.25) is 0 Å². The molecule has 0 fully saturated rings. The minimum absolute atomic E-state index is 0.790. The highest BCUT2D eigenvalue weighted by Gasteiger charge is 1.98. The van der Waals surface area contributed by atoms with Gasteiger partial charge in [-0.15, -0.1) is 0 Å². The van der Waals surface area contributed by atoms with Gasteiger partial charge in [0.25, 0.3) is 0 Å². The van der Waals surface area contributed by atoms with Crippen molar-refractivity contribution in [3.63, 3.8) is 0 Å². The van der Waals surface area contributed by atoms with E-state index in [0.29, 0.717) is 0 Å². The lowest BCUT2D eigenvalue weighted by molar-refractivity contribution is 0.414. The van der Waals surface area contributed by atoms with Gasteiger partial charge < -0.3 is 15.0 Å². The highest BCUT2D eigenvalue weighted by atomic mass is 16.5. The number of aryl methyl sites for hydroxylation is 1. The maximum absolute atomic E-state index is 5.18. The largest absolute Gasteiger partial charge is 0.497 e. The van der Waals surface area contributed by atoms with E-state index in [0.717, 1.165) is 30.4 Å². The first kappa shape index (κ1) is 11.7. The molecule has 2 rings (SSSR count). The molecule has 17 heavy (non-hydrogen) atoms. The molecule has 0 saturated carbocycles. The Kier molecular flexibility index (Phi) is 3.77. The SMILES string of the molecule is COc1cccc(CNCc2cnc(C)[nH]2)c1. The second-order valence-corrected chi connectivity index (χ2v) is 3.95. The zero-order valence-corrected chi connectivity index (χ0v) is 10.2. The van der Waals surface area contributed by atoms with E-state index in [-0.39, 0.29) is 0 Å².